The Morgan fingerprint density at radius 3 is 1.50 bits per heavy atom. The van der Waals surface area contributed by atoms with Gasteiger partial charge in [0.15, 0.2) is 5.69 Å². The van der Waals surface area contributed by atoms with E-state index in [2.05, 4.69) is 147 Å². The number of fused-ring (bicyclic) bond motifs is 6. The van der Waals surface area contributed by atoms with E-state index < -0.39 is 0 Å². The van der Waals surface area contributed by atoms with E-state index in [0.29, 0.717) is 11.3 Å². The normalized spacial score (nSPS) is 11.3. The Bertz CT molecular complexity index is 2710. The van der Waals surface area contributed by atoms with Crippen molar-refractivity contribution in [2.75, 3.05) is 0 Å². The maximum absolute atomic E-state index is 10.3. The minimum absolute atomic E-state index is 0.538. The molecule has 9 aromatic rings. The Morgan fingerprint density at radius 2 is 0.958 bits per heavy atom. The summed E-state index contributed by atoms with van der Waals surface area (Å²) in [7, 11) is 0. The molecule has 0 atom stereocenters. The van der Waals surface area contributed by atoms with Crippen molar-refractivity contribution in [2.24, 2.45) is 0 Å². The van der Waals surface area contributed by atoms with Gasteiger partial charge < -0.3 is 9.13 Å². The summed E-state index contributed by atoms with van der Waals surface area (Å²) in [6.45, 7) is 8.09. The molecule has 0 unspecified atom stereocenters. The Labute approximate surface area is 277 Å². The van der Waals surface area contributed by atoms with E-state index in [1.807, 2.05) is 30.3 Å². The number of hydrogen-bond donors (Lipinski definition) is 0. The molecule has 0 N–H and O–H groups in total. The molecule has 4 nitrogen and oxygen atoms in total. The highest BCUT2D eigenvalue weighted by Crippen LogP contribution is 2.41. The van der Waals surface area contributed by atoms with Gasteiger partial charge in [-0.25, -0.2) is 4.85 Å². The van der Waals surface area contributed by atoms with E-state index in [9.17, 15) is 5.26 Å². The maximum Gasteiger partial charge on any atom is 0.195 e. The lowest BCUT2D eigenvalue weighted by atomic mass is 9.94. The number of nitriles is 1. The van der Waals surface area contributed by atoms with Crippen LogP contribution < -0.4 is 0 Å². The number of aromatic nitrogens is 2. The van der Waals surface area contributed by atoms with Gasteiger partial charge >= 0.3 is 0 Å². The van der Waals surface area contributed by atoms with Gasteiger partial charge in [-0.15, -0.1) is 0 Å². The van der Waals surface area contributed by atoms with E-state index in [0.717, 1.165) is 55.7 Å². The number of para-hydroxylation sites is 5. The van der Waals surface area contributed by atoms with Crippen molar-refractivity contribution in [3.8, 4) is 39.7 Å². The third-order valence-corrected chi connectivity index (χ3v) is 9.35. The molecule has 0 aliphatic carbocycles. The van der Waals surface area contributed by atoms with E-state index in [4.69, 9.17) is 6.57 Å². The minimum atomic E-state index is 0.538. The van der Waals surface area contributed by atoms with Crippen LogP contribution in [0.15, 0.2) is 158 Å². The predicted octanol–water partition coefficient (Wildman–Crippen LogP) is 11.6. The number of hydrogen-bond acceptors (Lipinski definition) is 1. The average Bonchev–Trinajstić information content (AvgIpc) is 3.67. The zero-order valence-electron chi connectivity index (χ0n) is 25.8. The van der Waals surface area contributed by atoms with Crippen LogP contribution in [-0.4, -0.2) is 9.13 Å². The fraction of sp³-hybridized carbons (Fsp3) is 0. The van der Waals surface area contributed by atoms with Crippen LogP contribution in [0.3, 0.4) is 0 Å². The lowest BCUT2D eigenvalue weighted by molar-refractivity contribution is 1.18. The third kappa shape index (κ3) is 4.14. The molecule has 0 amide bonds. The monoisotopic (exact) mass is 610 g/mol. The lowest BCUT2D eigenvalue weighted by Gasteiger charge is -2.16. The smallest absolute Gasteiger partial charge is 0.195 e. The summed E-state index contributed by atoms with van der Waals surface area (Å²) in [6, 6.07) is 56.5. The van der Waals surface area contributed by atoms with Gasteiger partial charge in [0.05, 0.1) is 46.0 Å². The first kappa shape index (κ1) is 27.4. The molecule has 7 aromatic carbocycles. The lowest BCUT2D eigenvalue weighted by Crippen LogP contribution is -1.98. The first-order chi connectivity index (χ1) is 23.7. The summed E-state index contributed by atoms with van der Waals surface area (Å²) in [6.07, 6.45) is 0. The van der Waals surface area contributed by atoms with Crippen molar-refractivity contribution < 1.29 is 0 Å². The molecule has 0 aliphatic rings. The Hall–Kier alpha value is -6.88. The molecule has 0 spiro atoms. The highest BCUT2D eigenvalue weighted by molar-refractivity contribution is 6.10. The number of nitrogens with zero attached hydrogens (tertiary/aromatic N) is 4. The van der Waals surface area contributed by atoms with Crippen LogP contribution in [0.1, 0.15) is 5.56 Å². The predicted molar refractivity (Wildman–Crippen MR) is 197 cm³/mol. The SMILES string of the molecule is [C-]#[N+]c1ccc(-n2c3ccccc3c3ccccc32)cc1-c1cc(C#N)cc(-c2ccccc2-n2c3ccccc3c3ccccc32)c1. The molecule has 2 aromatic heterocycles. The Kier molecular flexibility index (Phi) is 6.22. The van der Waals surface area contributed by atoms with Crippen LogP contribution in [-0.2, 0) is 0 Å². The van der Waals surface area contributed by atoms with Gasteiger partial charge in [0.1, 0.15) is 0 Å². The Morgan fingerprint density at radius 1 is 0.479 bits per heavy atom. The van der Waals surface area contributed by atoms with Gasteiger partial charge in [0.25, 0.3) is 0 Å². The molecular formula is C44H26N4. The molecule has 0 aliphatic heterocycles. The van der Waals surface area contributed by atoms with E-state index in [1.54, 1.807) is 0 Å². The first-order valence-corrected chi connectivity index (χ1v) is 15.9. The average molecular weight is 611 g/mol. The molecule has 0 bridgehead atoms. The van der Waals surface area contributed by atoms with Gasteiger partial charge in [-0.1, -0.05) is 97.1 Å². The zero-order chi connectivity index (χ0) is 32.2. The van der Waals surface area contributed by atoms with Crippen molar-refractivity contribution in [2.45, 2.75) is 0 Å². The molecular weight excluding hydrogens is 585 g/mol. The summed E-state index contributed by atoms with van der Waals surface area (Å²) in [5, 5.41) is 15.0. The standard InChI is InChI=1S/C44H26N4/c1-46-39-23-22-32(47-41-18-8-3-13-34(41)35-14-4-9-19-42(35)47)27-38(39)31-25-29(28-45)24-30(26-31)33-12-2-7-17-40(33)48-43-20-10-5-15-36(43)37-16-6-11-21-44(37)48/h2-27H. The molecule has 9 rings (SSSR count). The third-order valence-electron chi connectivity index (χ3n) is 9.35. The summed E-state index contributed by atoms with van der Waals surface area (Å²) in [5.41, 5.74) is 11.1. The molecule has 0 saturated carbocycles. The number of rotatable bonds is 4. The van der Waals surface area contributed by atoms with Crippen molar-refractivity contribution in [1.29, 1.82) is 5.26 Å². The molecule has 0 saturated heterocycles. The molecule has 48 heavy (non-hydrogen) atoms. The van der Waals surface area contributed by atoms with Crippen molar-refractivity contribution in [3.63, 3.8) is 0 Å². The van der Waals surface area contributed by atoms with E-state index >= 15 is 0 Å². The minimum Gasteiger partial charge on any atom is -0.309 e. The van der Waals surface area contributed by atoms with Crippen LogP contribution >= 0.6 is 0 Å². The quantitative estimate of drug-likeness (QED) is 0.183. The van der Waals surface area contributed by atoms with Gasteiger partial charge in [0.2, 0.25) is 0 Å². The molecule has 2 heterocycles. The molecule has 0 radical (unpaired) electrons. The van der Waals surface area contributed by atoms with Gasteiger partial charge in [-0.05, 0) is 77.4 Å². The fourth-order valence-electron chi connectivity index (χ4n) is 7.29. The second kappa shape index (κ2) is 10.9. The van der Waals surface area contributed by atoms with Gasteiger partial charge in [-0.2, -0.15) is 5.26 Å². The second-order valence-corrected chi connectivity index (χ2v) is 12.0. The summed E-state index contributed by atoms with van der Waals surface area (Å²) in [4.78, 5) is 3.93. The van der Waals surface area contributed by atoms with Crippen LogP contribution in [0.25, 0.3) is 82.1 Å². The summed E-state index contributed by atoms with van der Waals surface area (Å²) >= 11 is 0. The van der Waals surface area contributed by atoms with Gasteiger partial charge in [-0.3, -0.25) is 0 Å². The number of benzene rings is 7. The second-order valence-electron chi connectivity index (χ2n) is 12.0. The van der Waals surface area contributed by atoms with Crippen LogP contribution in [0, 0.1) is 17.9 Å². The van der Waals surface area contributed by atoms with E-state index in [1.165, 1.54) is 21.5 Å². The highest BCUT2D eigenvalue weighted by atomic mass is 15.0. The maximum atomic E-state index is 10.3. The largest absolute Gasteiger partial charge is 0.309 e. The van der Waals surface area contributed by atoms with Crippen molar-refractivity contribution in [3.05, 3.63) is 175 Å². The fourth-order valence-corrected chi connectivity index (χ4v) is 7.29. The van der Waals surface area contributed by atoms with Crippen molar-refractivity contribution in [1.82, 2.24) is 9.13 Å². The Balaban J connectivity index is 1.27. The summed E-state index contributed by atoms with van der Waals surface area (Å²) in [5.74, 6) is 0. The highest BCUT2D eigenvalue weighted by Gasteiger charge is 2.18. The van der Waals surface area contributed by atoms with Crippen molar-refractivity contribution >= 4 is 49.3 Å². The first-order valence-electron chi connectivity index (χ1n) is 15.9. The summed E-state index contributed by atoms with van der Waals surface area (Å²) < 4.78 is 4.57. The molecule has 222 valence electrons. The van der Waals surface area contributed by atoms with Crippen LogP contribution in [0.2, 0.25) is 0 Å². The topological polar surface area (TPSA) is 38.0 Å². The van der Waals surface area contributed by atoms with Crippen LogP contribution in [0.4, 0.5) is 5.69 Å². The van der Waals surface area contributed by atoms with E-state index in [-0.39, 0.29) is 0 Å². The van der Waals surface area contributed by atoms with Crippen LogP contribution in [0.5, 0.6) is 0 Å². The zero-order valence-corrected chi connectivity index (χ0v) is 25.8. The van der Waals surface area contributed by atoms with Gasteiger partial charge in [0, 0.05) is 32.8 Å². The molecule has 4 heteroatoms. The molecule has 0 fully saturated rings.